The van der Waals surface area contributed by atoms with Gasteiger partial charge in [-0.05, 0) is 43.5 Å². The Labute approximate surface area is 117 Å². The summed E-state index contributed by atoms with van der Waals surface area (Å²) in [4.78, 5) is 14.0. The van der Waals surface area contributed by atoms with E-state index in [9.17, 15) is 9.18 Å². The number of likely N-dealkylation sites (tertiary alicyclic amines) is 1. The predicted molar refractivity (Wildman–Crippen MR) is 75.7 cm³/mol. The number of nitrogens with one attached hydrogen (secondary N) is 1. The summed E-state index contributed by atoms with van der Waals surface area (Å²) in [6.45, 7) is 2.17. The van der Waals surface area contributed by atoms with E-state index in [4.69, 9.17) is 10.8 Å². The summed E-state index contributed by atoms with van der Waals surface area (Å²) in [7, 11) is 0. The molecule has 0 spiro atoms. The molecule has 0 bridgehead atoms. The highest BCUT2D eigenvalue weighted by Crippen LogP contribution is 2.21. The van der Waals surface area contributed by atoms with Gasteiger partial charge < -0.3 is 16.2 Å². The number of nitrogens with zero attached hydrogens (tertiary/aromatic N) is 1. The summed E-state index contributed by atoms with van der Waals surface area (Å²) in [5.41, 5.74) is 6.30. The van der Waals surface area contributed by atoms with Crippen LogP contribution in [-0.4, -0.2) is 42.2 Å². The number of nitrogen functional groups attached to an aromatic ring is 1. The number of carbonyl (C=O) groups is 1. The van der Waals surface area contributed by atoms with Crippen molar-refractivity contribution in [3.63, 3.8) is 0 Å². The van der Waals surface area contributed by atoms with Crippen LogP contribution in [0.5, 0.6) is 0 Å². The van der Waals surface area contributed by atoms with Gasteiger partial charge >= 0.3 is 0 Å². The standard InChI is InChI=1S/C14H20FN3O2/c15-11-1-2-13(12(16)7-11)17-14(20)9-18-5-3-10(8-18)4-6-19/h1-2,7,10,19H,3-6,8-9,16H2,(H,17,20). The fourth-order valence-electron chi connectivity index (χ4n) is 2.51. The molecule has 0 radical (unpaired) electrons. The zero-order valence-corrected chi connectivity index (χ0v) is 11.3. The van der Waals surface area contributed by atoms with E-state index in [2.05, 4.69) is 10.2 Å². The van der Waals surface area contributed by atoms with Gasteiger partial charge in [-0.15, -0.1) is 0 Å². The van der Waals surface area contributed by atoms with Crippen LogP contribution in [0.1, 0.15) is 12.8 Å². The second kappa shape index (κ2) is 6.67. The Hall–Kier alpha value is -1.66. The van der Waals surface area contributed by atoms with E-state index >= 15 is 0 Å². The number of halogens is 1. The number of rotatable bonds is 5. The number of hydrogen-bond acceptors (Lipinski definition) is 4. The number of hydrogen-bond donors (Lipinski definition) is 3. The molecule has 0 saturated carbocycles. The van der Waals surface area contributed by atoms with Crippen molar-refractivity contribution in [2.45, 2.75) is 12.8 Å². The van der Waals surface area contributed by atoms with Gasteiger partial charge in [0.1, 0.15) is 5.82 Å². The first kappa shape index (κ1) is 14.7. The second-order valence-electron chi connectivity index (χ2n) is 5.18. The molecule has 1 aliphatic rings. The highest BCUT2D eigenvalue weighted by Gasteiger charge is 2.23. The van der Waals surface area contributed by atoms with Gasteiger partial charge in [-0.2, -0.15) is 0 Å². The molecule has 6 heteroatoms. The van der Waals surface area contributed by atoms with Crippen LogP contribution in [0, 0.1) is 11.7 Å². The molecule has 1 atom stereocenters. The molecule has 110 valence electrons. The van der Waals surface area contributed by atoms with Crippen LogP contribution in [0.15, 0.2) is 18.2 Å². The van der Waals surface area contributed by atoms with E-state index in [0.717, 1.165) is 25.9 Å². The zero-order chi connectivity index (χ0) is 14.5. The number of anilines is 2. The second-order valence-corrected chi connectivity index (χ2v) is 5.18. The molecule has 5 nitrogen and oxygen atoms in total. The van der Waals surface area contributed by atoms with Gasteiger partial charge in [-0.25, -0.2) is 4.39 Å². The maximum atomic E-state index is 12.9. The largest absolute Gasteiger partial charge is 0.397 e. The van der Waals surface area contributed by atoms with Crippen LogP contribution >= 0.6 is 0 Å². The molecule has 2 rings (SSSR count). The number of aliphatic hydroxyl groups is 1. The Morgan fingerprint density at radius 1 is 1.55 bits per heavy atom. The van der Waals surface area contributed by atoms with Crippen molar-refractivity contribution < 1.29 is 14.3 Å². The molecule has 1 amide bonds. The van der Waals surface area contributed by atoms with Crippen LogP contribution in [0.25, 0.3) is 0 Å². The van der Waals surface area contributed by atoms with E-state index < -0.39 is 5.82 Å². The Morgan fingerprint density at radius 3 is 3.05 bits per heavy atom. The van der Waals surface area contributed by atoms with Gasteiger partial charge in [0.15, 0.2) is 0 Å². The number of amides is 1. The van der Waals surface area contributed by atoms with Crippen molar-refractivity contribution in [2.75, 3.05) is 37.3 Å². The first-order chi connectivity index (χ1) is 9.58. The van der Waals surface area contributed by atoms with Gasteiger partial charge in [-0.1, -0.05) is 0 Å². The SMILES string of the molecule is Nc1cc(F)ccc1NC(=O)CN1CCC(CCO)C1. The van der Waals surface area contributed by atoms with Crippen molar-refractivity contribution >= 4 is 17.3 Å². The van der Waals surface area contributed by atoms with Crippen molar-refractivity contribution in [1.82, 2.24) is 4.90 Å². The summed E-state index contributed by atoms with van der Waals surface area (Å²) in [5, 5.41) is 11.6. The van der Waals surface area contributed by atoms with Gasteiger partial charge in [0.05, 0.1) is 17.9 Å². The van der Waals surface area contributed by atoms with Crippen molar-refractivity contribution in [3.8, 4) is 0 Å². The Bertz CT molecular complexity index is 481. The van der Waals surface area contributed by atoms with Crippen molar-refractivity contribution in [3.05, 3.63) is 24.0 Å². The first-order valence-electron chi connectivity index (χ1n) is 6.76. The van der Waals surface area contributed by atoms with E-state index in [1.807, 2.05) is 0 Å². The van der Waals surface area contributed by atoms with Gasteiger partial charge in [-0.3, -0.25) is 9.69 Å². The fraction of sp³-hybridized carbons (Fsp3) is 0.500. The minimum atomic E-state index is -0.424. The summed E-state index contributed by atoms with van der Waals surface area (Å²) >= 11 is 0. The third-order valence-electron chi connectivity index (χ3n) is 3.56. The molecule has 1 aliphatic heterocycles. The lowest BCUT2D eigenvalue weighted by Crippen LogP contribution is -2.31. The topological polar surface area (TPSA) is 78.6 Å². The maximum absolute atomic E-state index is 12.9. The predicted octanol–water partition coefficient (Wildman–Crippen LogP) is 1.05. The first-order valence-corrected chi connectivity index (χ1v) is 6.76. The molecule has 4 N–H and O–H groups in total. The van der Waals surface area contributed by atoms with E-state index in [1.165, 1.54) is 18.2 Å². The fourth-order valence-corrected chi connectivity index (χ4v) is 2.51. The zero-order valence-electron chi connectivity index (χ0n) is 11.3. The molecule has 0 aromatic heterocycles. The molecule has 1 saturated heterocycles. The minimum absolute atomic E-state index is 0.159. The monoisotopic (exact) mass is 281 g/mol. The van der Waals surface area contributed by atoms with Crippen LogP contribution in [0.4, 0.5) is 15.8 Å². The molecule has 1 unspecified atom stereocenters. The van der Waals surface area contributed by atoms with Crippen LogP contribution in [0.3, 0.4) is 0 Å². The Balaban J connectivity index is 1.84. The lowest BCUT2D eigenvalue weighted by Gasteiger charge is -2.16. The molecule has 1 heterocycles. The number of carbonyl (C=O) groups excluding carboxylic acids is 1. The third kappa shape index (κ3) is 3.91. The van der Waals surface area contributed by atoms with E-state index in [1.54, 1.807) is 0 Å². The van der Waals surface area contributed by atoms with Gasteiger partial charge in [0.2, 0.25) is 5.91 Å². The van der Waals surface area contributed by atoms with Gasteiger partial charge in [0, 0.05) is 13.2 Å². The molecular formula is C14H20FN3O2. The highest BCUT2D eigenvalue weighted by molar-refractivity contribution is 5.95. The summed E-state index contributed by atoms with van der Waals surface area (Å²) in [5.74, 6) is -0.122. The van der Waals surface area contributed by atoms with Crippen LogP contribution in [0.2, 0.25) is 0 Å². The van der Waals surface area contributed by atoms with Crippen molar-refractivity contribution in [1.29, 1.82) is 0 Å². The molecule has 1 fully saturated rings. The third-order valence-corrected chi connectivity index (χ3v) is 3.56. The maximum Gasteiger partial charge on any atom is 0.238 e. The normalized spacial score (nSPS) is 19.2. The number of nitrogens with two attached hydrogens (primary N) is 1. The molecular weight excluding hydrogens is 261 g/mol. The quantitative estimate of drug-likeness (QED) is 0.705. The molecule has 0 aliphatic carbocycles. The van der Waals surface area contributed by atoms with E-state index in [-0.39, 0.29) is 18.2 Å². The smallest absolute Gasteiger partial charge is 0.238 e. The van der Waals surface area contributed by atoms with Crippen LogP contribution in [-0.2, 0) is 4.79 Å². The highest BCUT2D eigenvalue weighted by atomic mass is 19.1. The molecule has 20 heavy (non-hydrogen) atoms. The lowest BCUT2D eigenvalue weighted by molar-refractivity contribution is -0.117. The summed E-state index contributed by atoms with van der Waals surface area (Å²) < 4.78 is 12.9. The molecule has 1 aromatic carbocycles. The summed E-state index contributed by atoms with van der Waals surface area (Å²) in [6.07, 6.45) is 1.79. The number of benzene rings is 1. The molecule has 1 aromatic rings. The lowest BCUT2D eigenvalue weighted by atomic mass is 10.1. The average Bonchev–Trinajstić information content (AvgIpc) is 2.81. The number of aliphatic hydroxyl groups excluding tert-OH is 1. The average molecular weight is 281 g/mol. The van der Waals surface area contributed by atoms with E-state index in [0.29, 0.717) is 18.2 Å². The van der Waals surface area contributed by atoms with Crippen LogP contribution < -0.4 is 11.1 Å². The Kier molecular flexibility index (Phi) is 4.92. The van der Waals surface area contributed by atoms with Gasteiger partial charge in [0.25, 0.3) is 0 Å². The minimum Gasteiger partial charge on any atom is -0.397 e. The van der Waals surface area contributed by atoms with Crippen molar-refractivity contribution in [2.24, 2.45) is 5.92 Å². The summed E-state index contributed by atoms with van der Waals surface area (Å²) in [6, 6.07) is 3.91. The Morgan fingerprint density at radius 2 is 2.35 bits per heavy atom.